The van der Waals surface area contributed by atoms with Crippen molar-refractivity contribution in [1.29, 1.82) is 0 Å². The van der Waals surface area contributed by atoms with E-state index < -0.39 is 15.8 Å². The highest BCUT2D eigenvalue weighted by Crippen LogP contribution is 2.13. The summed E-state index contributed by atoms with van der Waals surface area (Å²) in [6.45, 7) is 1.19. The summed E-state index contributed by atoms with van der Waals surface area (Å²) >= 11 is 0. The molecule has 144 valence electrons. The van der Waals surface area contributed by atoms with E-state index in [1.54, 1.807) is 0 Å². The molecule has 8 heteroatoms. The van der Waals surface area contributed by atoms with Gasteiger partial charge in [0, 0.05) is 38.0 Å². The number of nitrogens with zero attached hydrogens (tertiary/aromatic N) is 1. The second kappa shape index (κ2) is 9.78. The number of benzene rings is 1. The summed E-state index contributed by atoms with van der Waals surface area (Å²) in [4.78, 5) is 23.7. The summed E-state index contributed by atoms with van der Waals surface area (Å²) in [5, 5.41) is 2.59. The number of halogens is 1. The van der Waals surface area contributed by atoms with E-state index in [-0.39, 0.29) is 36.8 Å². The Morgan fingerprint density at radius 3 is 2.35 bits per heavy atom. The van der Waals surface area contributed by atoms with Crippen LogP contribution in [0.15, 0.2) is 24.3 Å². The molecule has 0 spiro atoms. The Morgan fingerprint density at radius 1 is 1.04 bits per heavy atom. The quantitative estimate of drug-likeness (QED) is 0.661. The predicted octanol–water partition coefficient (Wildman–Crippen LogP) is 2.11. The van der Waals surface area contributed by atoms with Crippen LogP contribution in [-0.4, -0.2) is 49.8 Å². The Balaban J connectivity index is 1.64. The van der Waals surface area contributed by atoms with Crippen LogP contribution < -0.4 is 5.32 Å². The summed E-state index contributed by atoms with van der Waals surface area (Å²) in [6, 6.07) is 5.29. The highest BCUT2D eigenvalue weighted by Gasteiger charge is 2.23. The van der Waals surface area contributed by atoms with E-state index in [0.717, 1.165) is 19.3 Å². The van der Waals surface area contributed by atoms with Crippen molar-refractivity contribution in [3.05, 3.63) is 35.6 Å². The molecule has 1 aliphatic rings. The molecule has 0 aliphatic carbocycles. The molecule has 26 heavy (non-hydrogen) atoms. The third kappa shape index (κ3) is 6.49. The van der Waals surface area contributed by atoms with Crippen LogP contribution in [0.5, 0.6) is 0 Å². The standard InChI is InChI=1S/C18H25FN2O4S/c19-16-9-7-15(8-10-16)17(22)5-4-6-18(23)20-11-14-26(24,25)21-12-2-1-3-13-21/h7-10H,1-6,11-14H2,(H,20,23). The zero-order chi connectivity index (χ0) is 19.0. The molecule has 1 heterocycles. The fourth-order valence-electron chi connectivity index (χ4n) is 2.87. The van der Waals surface area contributed by atoms with Gasteiger partial charge >= 0.3 is 0 Å². The highest BCUT2D eigenvalue weighted by molar-refractivity contribution is 7.89. The molecular formula is C18H25FN2O4S. The third-order valence-corrected chi connectivity index (χ3v) is 6.24. The molecule has 2 rings (SSSR count). The fraction of sp³-hybridized carbons (Fsp3) is 0.556. The van der Waals surface area contributed by atoms with Gasteiger partial charge in [0.25, 0.3) is 0 Å². The number of sulfonamides is 1. The Kier molecular flexibility index (Phi) is 7.71. The maximum absolute atomic E-state index is 12.8. The number of hydrogen-bond acceptors (Lipinski definition) is 4. The number of amides is 1. The summed E-state index contributed by atoms with van der Waals surface area (Å²) in [7, 11) is -3.32. The van der Waals surface area contributed by atoms with Crippen LogP contribution in [0.25, 0.3) is 0 Å². The van der Waals surface area contributed by atoms with Gasteiger partial charge in [0.05, 0.1) is 5.75 Å². The van der Waals surface area contributed by atoms with Crippen molar-refractivity contribution in [1.82, 2.24) is 9.62 Å². The monoisotopic (exact) mass is 384 g/mol. The molecule has 0 atom stereocenters. The van der Waals surface area contributed by atoms with Crippen molar-refractivity contribution in [3.63, 3.8) is 0 Å². The number of rotatable bonds is 9. The third-order valence-electron chi connectivity index (χ3n) is 4.36. The average Bonchev–Trinajstić information content (AvgIpc) is 2.63. The Bertz CT molecular complexity index is 713. The molecule has 1 amide bonds. The average molecular weight is 384 g/mol. The van der Waals surface area contributed by atoms with Gasteiger partial charge in [0.2, 0.25) is 15.9 Å². The van der Waals surface area contributed by atoms with Crippen LogP contribution in [0.2, 0.25) is 0 Å². The zero-order valence-electron chi connectivity index (χ0n) is 14.7. The molecule has 0 unspecified atom stereocenters. The Morgan fingerprint density at radius 2 is 1.69 bits per heavy atom. The van der Waals surface area contributed by atoms with E-state index in [9.17, 15) is 22.4 Å². The number of nitrogens with one attached hydrogen (secondary N) is 1. The molecule has 0 aromatic heterocycles. The number of hydrogen-bond donors (Lipinski definition) is 1. The minimum absolute atomic E-state index is 0.0730. The van der Waals surface area contributed by atoms with Gasteiger partial charge < -0.3 is 5.32 Å². The van der Waals surface area contributed by atoms with Crippen LogP contribution in [0.4, 0.5) is 4.39 Å². The minimum atomic E-state index is -3.32. The summed E-state index contributed by atoms with van der Waals surface area (Å²) < 4.78 is 38.6. The second-order valence-corrected chi connectivity index (χ2v) is 8.50. The fourth-order valence-corrected chi connectivity index (χ4v) is 4.30. The smallest absolute Gasteiger partial charge is 0.220 e. The lowest BCUT2D eigenvalue weighted by atomic mass is 10.1. The highest BCUT2D eigenvalue weighted by atomic mass is 32.2. The van der Waals surface area contributed by atoms with Crippen molar-refractivity contribution < 1.29 is 22.4 Å². The van der Waals surface area contributed by atoms with Crippen LogP contribution in [0.3, 0.4) is 0 Å². The van der Waals surface area contributed by atoms with E-state index >= 15 is 0 Å². The van der Waals surface area contributed by atoms with E-state index in [0.29, 0.717) is 25.1 Å². The number of carbonyl (C=O) groups is 2. The van der Waals surface area contributed by atoms with Crippen LogP contribution in [-0.2, 0) is 14.8 Å². The Hall–Kier alpha value is -1.80. The van der Waals surface area contributed by atoms with E-state index in [1.807, 2.05) is 0 Å². The largest absolute Gasteiger partial charge is 0.355 e. The van der Waals surface area contributed by atoms with E-state index in [4.69, 9.17) is 0 Å². The molecule has 1 aromatic rings. The molecule has 0 radical (unpaired) electrons. The van der Waals surface area contributed by atoms with Gasteiger partial charge in [-0.25, -0.2) is 17.1 Å². The molecule has 6 nitrogen and oxygen atoms in total. The molecule has 0 saturated carbocycles. The normalized spacial score (nSPS) is 15.6. The first-order valence-electron chi connectivity index (χ1n) is 8.92. The topological polar surface area (TPSA) is 83.5 Å². The van der Waals surface area contributed by atoms with Gasteiger partial charge in [-0.05, 0) is 43.5 Å². The van der Waals surface area contributed by atoms with E-state index in [1.165, 1.54) is 28.6 Å². The number of ketones is 1. The van der Waals surface area contributed by atoms with Gasteiger partial charge in [0.15, 0.2) is 5.78 Å². The lowest BCUT2D eigenvalue weighted by Crippen LogP contribution is -2.40. The molecule has 1 fully saturated rings. The van der Waals surface area contributed by atoms with Gasteiger partial charge in [-0.3, -0.25) is 9.59 Å². The maximum atomic E-state index is 12.8. The van der Waals surface area contributed by atoms with Gasteiger partial charge in [0.1, 0.15) is 5.82 Å². The van der Waals surface area contributed by atoms with Gasteiger partial charge in [-0.15, -0.1) is 0 Å². The molecular weight excluding hydrogens is 359 g/mol. The zero-order valence-corrected chi connectivity index (χ0v) is 15.6. The van der Waals surface area contributed by atoms with Crippen molar-refractivity contribution in [2.75, 3.05) is 25.4 Å². The summed E-state index contributed by atoms with van der Waals surface area (Å²) in [5.74, 6) is -0.926. The van der Waals surface area contributed by atoms with Crippen molar-refractivity contribution in [3.8, 4) is 0 Å². The van der Waals surface area contributed by atoms with Crippen LogP contribution >= 0.6 is 0 Å². The van der Waals surface area contributed by atoms with Crippen molar-refractivity contribution in [2.24, 2.45) is 0 Å². The second-order valence-electron chi connectivity index (χ2n) is 6.41. The molecule has 1 aromatic carbocycles. The molecule has 0 bridgehead atoms. The predicted molar refractivity (Wildman–Crippen MR) is 96.8 cm³/mol. The lowest BCUT2D eigenvalue weighted by Gasteiger charge is -2.25. The number of Topliss-reactive ketones (excluding diaryl/α,β-unsaturated/α-hetero) is 1. The van der Waals surface area contributed by atoms with Gasteiger partial charge in [-0.2, -0.15) is 0 Å². The molecule has 1 saturated heterocycles. The SMILES string of the molecule is O=C(CCCC(=O)c1ccc(F)cc1)NCCS(=O)(=O)N1CCCCC1. The maximum Gasteiger partial charge on any atom is 0.220 e. The van der Waals surface area contributed by atoms with Crippen LogP contribution in [0, 0.1) is 5.82 Å². The van der Waals surface area contributed by atoms with Gasteiger partial charge in [-0.1, -0.05) is 6.42 Å². The van der Waals surface area contributed by atoms with Crippen molar-refractivity contribution >= 4 is 21.7 Å². The van der Waals surface area contributed by atoms with E-state index in [2.05, 4.69) is 5.32 Å². The first-order valence-corrected chi connectivity index (χ1v) is 10.5. The Labute approximate surface area is 153 Å². The van der Waals surface area contributed by atoms with Crippen molar-refractivity contribution in [2.45, 2.75) is 38.5 Å². The summed E-state index contributed by atoms with van der Waals surface area (Å²) in [5.41, 5.74) is 0.416. The lowest BCUT2D eigenvalue weighted by molar-refractivity contribution is -0.121. The minimum Gasteiger partial charge on any atom is -0.355 e. The number of piperidine rings is 1. The first-order chi connectivity index (χ1) is 12.4. The molecule has 1 aliphatic heterocycles. The number of carbonyl (C=O) groups excluding carboxylic acids is 2. The summed E-state index contributed by atoms with van der Waals surface area (Å²) in [6.07, 6.45) is 3.52. The van der Waals surface area contributed by atoms with Crippen LogP contribution in [0.1, 0.15) is 48.9 Å². The first kappa shape index (κ1) is 20.5. The molecule has 1 N–H and O–H groups in total.